The second kappa shape index (κ2) is 3.40. The van der Waals surface area contributed by atoms with Crippen molar-refractivity contribution in [3.05, 3.63) is 10.6 Å². The van der Waals surface area contributed by atoms with E-state index in [2.05, 4.69) is 6.92 Å². The minimum Gasteiger partial charge on any atom is -0.295 e. The van der Waals surface area contributed by atoms with Gasteiger partial charge in [0.15, 0.2) is 5.78 Å². The summed E-state index contributed by atoms with van der Waals surface area (Å²) >= 11 is 5.76. The second-order valence-electron chi connectivity index (χ2n) is 3.28. The maximum atomic E-state index is 11.3. The minimum absolute atomic E-state index is 0.247. The van der Waals surface area contributed by atoms with Gasteiger partial charge in [0.1, 0.15) is 0 Å². The van der Waals surface area contributed by atoms with Crippen LogP contribution in [0.5, 0.6) is 0 Å². The van der Waals surface area contributed by atoms with Crippen LogP contribution in [0.15, 0.2) is 10.6 Å². The van der Waals surface area contributed by atoms with Gasteiger partial charge < -0.3 is 0 Å². The van der Waals surface area contributed by atoms with Crippen molar-refractivity contribution in [2.45, 2.75) is 33.1 Å². The highest BCUT2D eigenvalue weighted by atomic mass is 35.5. The number of hydrogen-bond acceptors (Lipinski definition) is 1. The zero-order chi connectivity index (χ0) is 8.43. The molecule has 1 fully saturated rings. The Morgan fingerprint density at radius 1 is 1.64 bits per heavy atom. The number of carbonyl (C=O) groups is 1. The molecule has 0 heterocycles. The molecule has 0 saturated heterocycles. The van der Waals surface area contributed by atoms with E-state index in [0.29, 0.717) is 17.4 Å². The predicted molar refractivity (Wildman–Crippen MR) is 46.6 cm³/mol. The van der Waals surface area contributed by atoms with E-state index in [1.165, 1.54) is 0 Å². The third kappa shape index (κ3) is 2.06. The van der Waals surface area contributed by atoms with Crippen molar-refractivity contribution in [2.24, 2.45) is 5.92 Å². The number of allylic oxidation sites excluding steroid dienone is 2. The molecule has 0 aromatic heterocycles. The van der Waals surface area contributed by atoms with E-state index in [0.717, 1.165) is 18.4 Å². The molecule has 62 valence electrons. The summed E-state index contributed by atoms with van der Waals surface area (Å²) in [6, 6.07) is 0. The number of Topliss-reactive ketones (excluding diaryl/α,β-unsaturated/α-hetero) is 1. The molecule has 0 radical (unpaired) electrons. The molecule has 1 atom stereocenters. The van der Waals surface area contributed by atoms with E-state index in [9.17, 15) is 4.79 Å². The van der Waals surface area contributed by atoms with Gasteiger partial charge in [-0.1, -0.05) is 18.5 Å². The summed E-state index contributed by atoms with van der Waals surface area (Å²) in [7, 11) is 0. The topological polar surface area (TPSA) is 17.1 Å². The van der Waals surface area contributed by atoms with Gasteiger partial charge in [-0.2, -0.15) is 0 Å². The molecule has 1 saturated carbocycles. The molecule has 1 aliphatic rings. The van der Waals surface area contributed by atoms with Crippen LogP contribution in [0.1, 0.15) is 33.1 Å². The van der Waals surface area contributed by atoms with Gasteiger partial charge in [-0.25, -0.2) is 0 Å². The fourth-order valence-corrected chi connectivity index (χ4v) is 1.64. The Kier molecular flexibility index (Phi) is 2.72. The summed E-state index contributed by atoms with van der Waals surface area (Å²) in [4.78, 5) is 11.3. The molecule has 11 heavy (non-hydrogen) atoms. The molecule has 1 unspecified atom stereocenters. The first kappa shape index (κ1) is 8.79. The Balaban J connectivity index is 2.74. The average molecular weight is 173 g/mol. The van der Waals surface area contributed by atoms with E-state index in [-0.39, 0.29) is 5.78 Å². The zero-order valence-electron chi connectivity index (χ0n) is 6.98. The standard InChI is InChI=1S/C9H13ClO/c1-6-3-4-8(7(2)10)9(11)5-6/h6H,3-5H2,1-2H3/b8-7+. The number of ketones is 1. The van der Waals surface area contributed by atoms with Crippen LogP contribution in [0.4, 0.5) is 0 Å². The lowest BCUT2D eigenvalue weighted by atomic mass is 9.86. The first-order valence-corrected chi connectivity index (χ1v) is 4.37. The second-order valence-corrected chi connectivity index (χ2v) is 3.85. The van der Waals surface area contributed by atoms with E-state index in [1.807, 2.05) is 0 Å². The van der Waals surface area contributed by atoms with Gasteiger partial charge in [-0.05, 0) is 25.7 Å². The third-order valence-corrected chi connectivity index (χ3v) is 2.40. The Morgan fingerprint density at radius 3 is 2.73 bits per heavy atom. The van der Waals surface area contributed by atoms with Crippen LogP contribution >= 0.6 is 11.6 Å². The molecular weight excluding hydrogens is 160 g/mol. The lowest BCUT2D eigenvalue weighted by molar-refractivity contribution is -0.117. The minimum atomic E-state index is 0.247. The summed E-state index contributed by atoms with van der Waals surface area (Å²) in [6.45, 7) is 3.91. The molecule has 0 aliphatic heterocycles. The molecule has 0 bridgehead atoms. The number of rotatable bonds is 0. The van der Waals surface area contributed by atoms with Crippen molar-refractivity contribution in [2.75, 3.05) is 0 Å². The van der Waals surface area contributed by atoms with Crippen LogP contribution < -0.4 is 0 Å². The van der Waals surface area contributed by atoms with E-state index < -0.39 is 0 Å². The smallest absolute Gasteiger partial charge is 0.160 e. The van der Waals surface area contributed by atoms with Gasteiger partial charge in [0.05, 0.1) is 0 Å². The van der Waals surface area contributed by atoms with Crippen LogP contribution in [0.25, 0.3) is 0 Å². The molecule has 1 aliphatic carbocycles. The highest BCUT2D eigenvalue weighted by molar-refractivity contribution is 6.31. The van der Waals surface area contributed by atoms with Crippen LogP contribution in [-0.4, -0.2) is 5.78 Å². The van der Waals surface area contributed by atoms with Gasteiger partial charge in [0.2, 0.25) is 0 Å². The number of halogens is 1. The quantitative estimate of drug-likeness (QED) is 0.514. The Morgan fingerprint density at radius 2 is 2.27 bits per heavy atom. The Labute approximate surface area is 72.4 Å². The largest absolute Gasteiger partial charge is 0.295 e. The van der Waals surface area contributed by atoms with Crippen LogP contribution in [0.3, 0.4) is 0 Å². The zero-order valence-corrected chi connectivity index (χ0v) is 7.74. The first-order chi connectivity index (χ1) is 5.11. The fourth-order valence-electron chi connectivity index (χ4n) is 1.44. The first-order valence-electron chi connectivity index (χ1n) is 3.99. The predicted octanol–water partition coefficient (Wildman–Crippen LogP) is 2.89. The number of hydrogen-bond donors (Lipinski definition) is 0. The van der Waals surface area contributed by atoms with E-state index in [4.69, 9.17) is 11.6 Å². The third-order valence-electron chi connectivity index (χ3n) is 2.17. The van der Waals surface area contributed by atoms with Crippen molar-refractivity contribution < 1.29 is 4.79 Å². The number of carbonyl (C=O) groups excluding carboxylic acids is 1. The molecule has 0 spiro atoms. The van der Waals surface area contributed by atoms with Crippen molar-refractivity contribution >= 4 is 17.4 Å². The fraction of sp³-hybridized carbons (Fsp3) is 0.667. The molecule has 1 nitrogen and oxygen atoms in total. The van der Waals surface area contributed by atoms with Gasteiger partial charge in [-0.3, -0.25) is 4.79 Å². The lowest BCUT2D eigenvalue weighted by Crippen LogP contribution is -2.15. The lowest BCUT2D eigenvalue weighted by Gasteiger charge is -2.19. The van der Waals surface area contributed by atoms with Gasteiger partial charge in [0.25, 0.3) is 0 Å². The summed E-state index contributed by atoms with van der Waals surface area (Å²) in [5, 5.41) is 0.682. The monoisotopic (exact) mass is 172 g/mol. The summed E-state index contributed by atoms with van der Waals surface area (Å²) in [5.41, 5.74) is 0.852. The Hall–Kier alpha value is -0.300. The van der Waals surface area contributed by atoms with Crippen molar-refractivity contribution in [1.29, 1.82) is 0 Å². The average Bonchev–Trinajstić information content (AvgIpc) is 1.85. The van der Waals surface area contributed by atoms with Crippen LogP contribution in [0, 0.1) is 5.92 Å². The van der Waals surface area contributed by atoms with Crippen LogP contribution in [-0.2, 0) is 4.79 Å². The summed E-state index contributed by atoms with van der Waals surface area (Å²) in [5.74, 6) is 0.790. The van der Waals surface area contributed by atoms with Crippen molar-refractivity contribution in [1.82, 2.24) is 0 Å². The van der Waals surface area contributed by atoms with Crippen molar-refractivity contribution in [3.8, 4) is 0 Å². The normalized spacial score (nSPS) is 30.5. The molecular formula is C9H13ClO. The van der Waals surface area contributed by atoms with Crippen LogP contribution in [0.2, 0.25) is 0 Å². The highest BCUT2D eigenvalue weighted by Crippen LogP contribution is 2.27. The van der Waals surface area contributed by atoms with Gasteiger partial charge in [0, 0.05) is 17.0 Å². The molecule has 0 aromatic rings. The van der Waals surface area contributed by atoms with Gasteiger partial charge >= 0.3 is 0 Å². The molecule has 1 rings (SSSR count). The van der Waals surface area contributed by atoms with E-state index >= 15 is 0 Å². The maximum absolute atomic E-state index is 11.3. The highest BCUT2D eigenvalue weighted by Gasteiger charge is 2.21. The van der Waals surface area contributed by atoms with Crippen molar-refractivity contribution in [3.63, 3.8) is 0 Å². The molecule has 0 aromatic carbocycles. The summed E-state index contributed by atoms with van der Waals surface area (Å²) < 4.78 is 0. The maximum Gasteiger partial charge on any atom is 0.160 e. The van der Waals surface area contributed by atoms with Gasteiger partial charge in [-0.15, -0.1) is 0 Å². The SMILES string of the molecule is C/C(Cl)=C1/CCC(C)CC1=O. The Bertz CT molecular complexity index is 202. The molecule has 0 amide bonds. The molecule has 2 heteroatoms. The molecule has 0 N–H and O–H groups in total. The van der Waals surface area contributed by atoms with E-state index in [1.54, 1.807) is 6.92 Å². The summed E-state index contributed by atoms with van der Waals surface area (Å²) in [6.07, 6.45) is 2.65.